The molecule has 1 saturated carbocycles. The summed E-state index contributed by atoms with van der Waals surface area (Å²) in [5.41, 5.74) is 1.00. The van der Waals surface area contributed by atoms with Gasteiger partial charge in [-0.2, -0.15) is 0 Å². The molecule has 1 aromatic rings. The van der Waals surface area contributed by atoms with E-state index in [1.165, 1.54) is 0 Å². The van der Waals surface area contributed by atoms with Crippen LogP contribution in [-0.2, 0) is 16.8 Å². The average Bonchev–Trinajstić information content (AvgIpc) is 2.94. The quantitative estimate of drug-likeness (QED) is 0.860. The number of aliphatic carboxylic acids is 1. The number of thiazole rings is 1. The summed E-state index contributed by atoms with van der Waals surface area (Å²) < 4.78 is 0. The first-order valence-electron chi connectivity index (χ1n) is 6.29. The average molecular weight is 268 g/mol. The van der Waals surface area contributed by atoms with Gasteiger partial charge in [-0.15, -0.1) is 11.3 Å². The fourth-order valence-corrected chi connectivity index (χ4v) is 2.74. The van der Waals surface area contributed by atoms with E-state index in [2.05, 4.69) is 31.1 Å². The van der Waals surface area contributed by atoms with E-state index < -0.39 is 12.0 Å². The zero-order valence-corrected chi connectivity index (χ0v) is 11.9. The monoisotopic (exact) mass is 268 g/mol. The number of carboxylic acid groups (broad SMARTS) is 1. The van der Waals surface area contributed by atoms with Crippen molar-refractivity contribution in [1.29, 1.82) is 0 Å². The van der Waals surface area contributed by atoms with Gasteiger partial charge in [0.25, 0.3) is 0 Å². The minimum atomic E-state index is -0.747. The number of nitrogens with zero attached hydrogens (tertiary/aromatic N) is 1. The molecule has 1 fully saturated rings. The number of carbonyl (C=O) groups is 1. The summed E-state index contributed by atoms with van der Waals surface area (Å²) in [4.78, 5) is 15.6. The van der Waals surface area contributed by atoms with Crippen molar-refractivity contribution < 1.29 is 9.90 Å². The Labute approximate surface area is 111 Å². The summed E-state index contributed by atoms with van der Waals surface area (Å²) in [5.74, 6) is -0.438. The van der Waals surface area contributed by atoms with Crippen LogP contribution in [0.15, 0.2) is 5.38 Å². The topological polar surface area (TPSA) is 62.2 Å². The van der Waals surface area contributed by atoms with Crippen molar-refractivity contribution in [3.63, 3.8) is 0 Å². The Balaban J connectivity index is 1.93. The van der Waals surface area contributed by atoms with E-state index in [9.17, 15) is 4.79 Å². The number of aromatic nitrogens is 1. The number of carboxylic acids is 1. The van der Waals surface area contributed by atoms with Gasteiger partial charge in [-0.1, -0.05) is 20.8 Å². The van der Waals surface area contributed by atoms with E-state index in [0.29, 0.717) is 12.5 Å². The fraction of sp³-hybridized carbons (Fsp3) is 0.692. The molecule has 0 radical (unpaired) electrons. The van der Waals surface area contributed by atoms with E-state index >= 15 is 0 Å². The highest BCUT2D eigenvalue weighted by Gasteiger charge is 2.35. The molecule has 1 heterocycles. The van der Waals surface area contributed by atoms with Crippen LogP contribution in [0.25, 0.3) is 0 Å². The second-order valence-electron chi connectivity index (χ2n) is 5.93. The maximum absolute atomic E-state index is 11.1. The molecule has 5 heteroatoms. The largest absolute Gasteiger partial charge is 0.480 e. The Morgan fingerprint density at radius 2 is 2.28 bits per heavy atom. The highest BCUT2D eigenvalue weighted by atomic mass is 32.1. The van der Waals surface area contributed by atoms with Crippen molar-refractivity contribution >= 4 is 17.3 Å². The molecule has 2 N–H and O–H groups in total. The Bertz CT molecular complexity index is 432. The molecule has 0 aliphatic heterocycles. The van der Waals surface area contributed by atoms with Gasteiger partial charge in [0.15, 0.2) is 0 Å². The first-order valence-corrected chi connectivity index (χ1v) is 7.17. The molecule has 0 amide bonds. The van der Waals surface area contributed by atoms with Crippen LogP contribution in [-0.4, -0.2) is 22.1 Å². The maximum Gasteiger partial charge on any atom is 0.320 e. The SMILES string of the molecule is CC(C)(C)c1nc(CNC(C(=O)O)C2CC2)cs1. The van der Waals surface area contributed by atoms with E-state index in [-0.39, 0.29) is 5.41 Å². The second-order valence-corrected chi connectivity index (χ2v) is 6.79. The predicted molar refractivity (Wildman–Crippen MR) is 71.8 cm³/mol. The highest BCUT2D eigenvalue weighted by molar-refractivity contribution is 7.09. The van der Waals surface area contributed by atoms with Crippen LogP contribution in [0.3, 0.4) is 0 Å². The summed E-state index contributed by atoms with van der Waals surface area (Å²) in [7, 11) is 0. The maximum atomic E-state index is 11.1. The van der Waals surface area contributed by atoms with E-state index in [1.807, 2.05) is 5.38 Å². The van der Waals surface area contributed by atoms with Crippen molar-refractivity contribution in [3.8, 4) is 0 Å². The zero-order valence-electron chi connectivity index (χ0n) is 11.1. The molecule has 1 aliphatic rings. The summed E-state index contributed by atoms with van der Waals surface area (Å²) >= 11 is 1.64. The third kappa shape index (κ3) is 3.29. The lowest BCUT2D eigenvalue weighted by Gasteiger charge is -2.14. The van der Waals surface area contributed by atoms with Gasteiger partial charge in [-0.25, -0.2) is 4.98 Å². The summed E-state index contributed by atoms with van der Waals surface area (Å²) in [6.45, 7) is 6.94. The Kier molecular flexibility index (Phi) is 3.73. The van der Waals surface area contributed by atoms with Crippen molar-refractivity contribution in [2.24, 2.45) is 5.92 Å². The van der Waals surface area contributed by atoms with E-state index in [0.717, 1.165) is 23.5 Å². The molecule has 0 spiro atoms. The van der Waals surface area contributed by atoms with Gasteiger partial charge >= 0.3 is 5.97 Å². The van der Waals surface area contributed by atoms with E-state index in [1.54, 1.807) is 11.3 Å². The van der Waals surface area contributed by atoms with Crippen molar-refractivity contribution in [3.05, 3.63) is 16.1 Å². The van der Waals surface area contributed by atoms with Crippen LogP contribution in [0.1, 0.15) is 44.3 Å². The van der Waals surface area contributed by atoms with Gasteiger partial charge in [0.2, 0.25) is 0 Å². The molecule has 0 saturated heterocycles. The van der Waals surface area contributed by atoms with Crippen molar-refractivity contribution in [2.75, 3.05) is 0 Å². The second kappa shape index (κ2) is 4.97. The van der Waals surface area contributed by atoms with Crippen LogP contribution >= 0.6 is 11.3 Å². The van der Waals surface area contributed by atoms with Crippen molar-refractivity contribution in [2.45, 2.75) is 51.6 Å². The molecule has 1 unspecified atom stereocenters. The van der Waals surface area contributed by atoms with Crippen molar-refractivity contribution in [1.82, 2.24) is 10.3 Å². The third-order valence-corrected chi connectivity index (χ3v) is 4.37. The lowest BCUT2D eigenvalue weighted by Crippen LogP contribution is -2.38. The summed E-state index contributed by atoms with van der Waals surface area (Å²) in [6, 6.07) is -0.412. The third-order valence-electron chi connectivity index (χ3n) is 3.06. The summed E-state index contributed by atoms with van der Waals surface area (Å²) in [6.07, 6.45) is 2.04. The van der Waals surface area contributed by atoms with Crippen LogP contribution in [0, 0.1) is 5.92 Å². The Morgan fingerprint density at radius 1 is 1.61 bits per heavy atom. The molecule has 1 aliphatic carbocycles. The molecule has 2 rings (SSSR count). The van der Waals surface area contributed by atoms with Crippen LogP contribution in [0.5, 0.6) is 0 Å². The molecular weight excluding hydrogens is 248 g/mol. The smallest absolute Gasteiger partial charge is 0.320 e. The zero-order chi connectivity index (χ0) is 13.3. The van der Waals surface area contributed by atoms with E-state index in [4.69, 9.17) is 5.11 Å². The standard InChI is InChI=1S/C13H20N2O2S/c1-13(2,3)12-15-9(7-18-12)6-14-10(11(16)17)8-4-5-8/h7-8,10,14H,4-6H2,1-3H3,(H,16,17). The normalized spacial score (nSPS) is 17.7. The predicted octanol–water partition coefficient (Wildman–Crippen LogP) is 2.39. The molecule has 1 aromatic heterocycles. The molecular formula is C13H20N2O2S. The molecule has 4 nitrogen and oxygen atoms in total. The first kappa shape index (κ1) is 13.5. The van der Waals surface area contributed by atoms with Crippen LogP contribution in [0.4, 0.5) is 0 Å². The number of nitrogens with one attached hydrogen (secondary N) is 1. The minimum Gasteiger partial charge on any atom is -0.480 e. The lowest BCUT2D eigenvalue weighted by molar-refractivity contribution is -0.140. The Hall–Kier alpha value is -0.940. The van der Waals surface area contributed by atoms with Gasteiger partial charge in [-0.3, -0.25) is 10.1 Å². The molecule has 1 atom stereocenters. The molecule has 18 heavy (non-hydrogen) atoms. The molecule has 0 bridgehead atoms. The number of rotatable bonds is 5. The molecule has 100 valence electrons. The number of hydrogen-bond donors (Lipinski definition) is 2. The van der Waals surface area contributed by atoms with Gasteiger partial charge in [0.1, 0.15) is 6.04 Å². The Morgan fingerprint density at radius 3 is 2.72 bits per heavy atom. The minimum absolute atomic E-state index is 0.0611. The van der Waals surface area contributed by atoms with Gasteiger partial charge in [-0.05, 0) is 18.8 Å². The summed E-state index contributed by atoms with van der Waals surface area (Å²) in [5, 5.41) is 15.3. The fourth-order valence-electron chi connectivity index (χ4n) is 1.83. The highest BCUT2D eigenvalue weighted by Crippen LogP contribution is 2.33. The van der Waals surface area contributed by atoms with Crippen LogP contribution < -0.4 is 5.32 Å². The molecule has 0 aromatic carbocycles. The first-order chi connectivity index (χ1) is 8.38. The van der Waals surface area contributed by atoms with Gasteiger partial charge in [0, 0.05) is 17.3 Å². The van der Waals surface area contributed by atoms with Gasteiger partial charge in [0.05, 0.1) is 10.7 Å². The number of hydrogen-bond acceptors (Lipinski definition) is 4. The van der Waals surface area contributed by atoms with Gasteiger partial charge < -0.3 is 5.11 Å². The lowest BCUT2D eigenvalue weighted by atomic mass is 9.98. The van der Waals surface area contributed by atoms with Crippen LogP contribution in [0.2, 0.25) is 0 Å².